The van der Waals surface area contributed by atoms with Crippen LogP contribution in [0.15, 0.2) is 59.1 Å². The van der Waals surface area contributed by atoms with Gasteiger partial charge in [-0.1, -0.05) is 35.5 Å². The maximum atomic E-state index is 13.0. The van der Waals surface area contributed by atoms with Gasteiger partial charge < -0.3 is 18.9 Å². The maximum Gasteiger partial charge on any atom is 0.254 e. The van der Waals surface area contributed by atoms with Crippen molar-refractivity contribution in [1.29, 1.82) is 0 Å². The Labute approximate surface area is 169 Å². The molecule has 0 spiro atoms. The molecule has 1 saturated heterocycles. The van der Waals surface area contributed by atoms with Crippen LogP contribution in [0.1, 0.15) is 40.7 Å². The minimum Gasteiger partial charge on any atom is -0.485 e. The van der Waals surface area contributed by atoms with E-state index in [-0.39, 0.29) is 24.7 Å². The normalized spacial score (nSPS) is 19.2. The topological polar surface area (TPSA) is 77.7 Å². The van der Waals surface area contributed by atoms with E-state index in [0.717, 1.165) is 5.56 Å². The third-order valence-electron chi connectivity index (χ3n) is 4.76. The highest BCUT2D eigenvalue weighted by Gasteiger charge is 2.29. The largest absolute Gasteiger partial charge is 0.485 e. The molecule has 0 aliphatic carbocycles. The van der Waals surface area contributed by atoms with E-state index < -0.39 is 0 Å². The molecule has 2 atom stereocenters. The smallest absolute Gasteiger partial charge is 0.254 e. The number of aromatic nitrogens is 2. The van der Waals surface area contributed by atoms with Crippen LogP contribution in [-0.2, 0) is 11.3 Å². The van der Waals surface area contributed by atoms with Gasteiger partial charge in [-0.2, -0.15) is 4.98 Å². The van der Waals surface area contributed by atoms with E-state index in [9.17, 15) is 4.79 Å². The maximum absolute atomic E-state index is 13.0. The van der Waals surface area contributed by atoms with Crippen molar-refractivity contribution in [1.82, 2.24) is 15.0 Å². The SMILES string of the molecule is Cc1nc(COc2ccc(C(=O)N3CC(C)OC(c4ccccc4)C3)cc2)no1. The molecule has 0 radical (unpaired) electrons. The molecule has 0 bridgehead atoms. The molecule has 4 rings (SSSR count). The fourth-order valence-electron chi connectivity index (χ4n) is 3.39. The Hall–Kier alpha value is -3.19. The van der Waals surface area contributed by atoms with Crippen molar-refractivity contribution >= 4 is 5.91 Å². The van der Waals surface area contributed by atoms with E-state index in [2.05, 4.69) is 10.1 Å². The second-order valence-corrected chi connectivity index (χ2v) is 7.10. The number of benzene rings is 2. The van der Waals surface area contributed by atoms with Gasteiger partial charge in [-0.15, -0.1) is 0 Å². The summed E-state index contributed by atoms with van der Waals surface area (Å²) in [6, 6.07) is 17.1. The molecule has 0 N–H and O–H groups in total. The number of ether oxygens (including phenoxy) is 2. The summed E-state index contributed by atoms with van der Waals surface area (Å²) < 4.78 is 16.6. The average Bonchev–Trinajstić information content (AvgIpc) is 3.17. The molecule has 29 heavy (non-hydrogen) atoms. The zero-order chi connectivity index (χ0) is 20.2. The zero-order valence-corrected chi connectivity index (χ0v) is 16.4. The van der Waals surface area contributed by atoms with Gasteiger partial charge in [0, 0.05) is 19.0 Å². The highest BCUT2D eigenvalue weighted by molar-refractivity contribution is 5.94. The van der Waals surface area contributed by atoms with Gasteiger partial charge in [0.2, 0.25) is 11.7 Å². The average molecular weight is 393 g/mol. The van der Waals surface area contributed by atoms with E-state index in [4.69, 9.17) is 14.0 Å². The molecule has 2 unspecified atom stereocenters. The first kappa shape index (κ1) is 19.1. The summed E-state index contributed by atoms with van der Waals surface area (Å²) in [7, 11) is 0. The highest BCUT2D eigenvalue weighted by atomic mass is 16.5. The second-order valence-electron chi connectivity index (χ2n) is 7.10. The van der Waals surface area contributed by atoms with E-state index in [1.165, 1.54) is 0 Å². The van der Waals surface area contributed by atoms with Crippen LogP contribution in [0.5, 0.6) is 5.75 Å². The number of morpholine rings is 1. The molecule has 1 aliphatic rings. The Morgan fingerprint density at radius 1 is 1.14 bits per heavy atom. The van der Waals surface area contributed by atoms with Gasteiger partial charge >= 0.3 is 0 Å². The Morgan fingerprint density at radius 2 is 1.90 bits per heavy atom. The van der Waals surface area contributed by atoms with Crippen molar-refractivity contribution < 1.29 is 18.8 Å². The Morgan fingerprint density at radius 3 is 2.59 bits per heavy atom. The summed E-state index contributed by atoms with van der Waals surface area (Å²) in [6.45, 7) is 5.03. The lowest BCUT2D eigenvalue weighted by atomic mass is 10.1. The van der Waals surface area contributed by atoms with Crippen molar-refractivity contribution in [2.45, 2.75) is 32.7 Å². The van der Waals surface area contributed by atoms with Crippen molar-refractivity contribution in [3.05, 3.63) is 77.4 Å². The van der Waals surface area contributed by atoms with E-state index >= 15 is 0 Å². The fraction of sp³-hybridized carbons (Fsp3) is 0.318. The predicted molar refractivity (Wildman–Crippen MR) is 105 cm³/mol. The highest BCUT2D eigenvalue weighted by Crippen LogP contribution is 2.26. The van der Waals surface area contributed by atoms with Gasteiger partial charge in [0.25, 0.3) is 5.91 Å². The number of hydrogen-bond donors (Lipinski definition) is 0. The summed E-state index contributed by atoms with van der Waals surface area (Å²) in [5, 5.41) is 3.79. The molecule has 1 amide bonds. The van der Waals surface area contributed by atoms with Gasteiger partial charge in [0.15, 0.2) is 6.61 Å². The lowest BCUT2D eigenvalue weighted by Gasteiger charge is -2.37. The minimum absolute atomic E-state index is 0.0126. The summed E-state index contributed by atoms with van der Waals surface area (Å²) in [6.07, 6.45) is -0.149. The van der Waals surface area contributed by atoms with Crippen molar-refractivity contribution in [2.24, 2.45) is 0 Å². The molecule has 3 aromatic rings. The van der Waals surface area contributed by atoms with E-state index in [1.54, 1.807) is 31.2 Å². The third kappa shape index (κ3) is 4.63. The van der Waals surface area contributed by atoms with Crippen molar-refractivity contribution in [3.63, 3.8) is 0 Å². The molecule has 7 heteroatoms. The van der Waals surface area contributed by atoms with Crippen LogP contribution in [0.4, 0.5) is 0 Å². The molecule has 1 aromatic heterocycles. The first-order chi connectivity index (χ1) is 14.1. The van der Waals surface area contributed by atoms with Crippen molar-refractivity contribution in [2.75, 3.05) is 13.1 Å². The first-order valence-electron chi connectivity index (χ1n) is 9.60. The first-order valence-corrected chi connectivity index (χ1v) is 9.60. The van der Waals surface area contributed by atoms with Gasteiger partial charge in [-0.25, -0.2) is 0 Å². The summed E-state index contributed by atoms with van der Waals surface area (Å²) in [5.41, 5.74) is 1.70. The number of hydrogen-bond acceptors (Lipinski definition) is 6. The standard InChI is InChI=1S/C22H23N3O4/c1-15-12-25(13-20(28-15)17-6-4-3-5-7-17)22(26)18-8-10-19(11-9-18)27-14-21-23-16(2)29-24-21/h3-11,15,20H,12-14H2,1-2H3. The third-order valence-corrected chi connectivity index (χ3v) is 4.76. The number of aryl methyl sites for hydroxylation is 1. The lowest BCUT2D eigenvalue weighted by Crippen LogP contribution is -2.45. The number of carbonyl (C=O) groups excluding carboxylic acids is 1. The number of rotatable bonds is 5. The van der Waals surface area contributed by atoms with Crippen LogP contribution in [0.2, 0.25) is 0 Å². The van der Waals surface area contributed by atoms with Crippen LogP contribution < -0.4 is 4.74 Å². The number of carbonyl (C=O) groups is 1. The Balaban J connectivity index is 1.40. The van der Waals surface area contributed by atoms with Crippen LogP contribution in [0.25, 0.3) is 0 Å². The van der Waals surface area contributed by atoms with E-state index in [1.807, 2.05) is 42.2 Å². The summed E-state index contributed by atoms with van der Waals surface area (Å²) in [5.74, 6) is 1.61. The predicted octanol–water partition coefficient (Wildman–Crippen LogP) is 3.56. The minimum atomic E-state index is -0.120. The van der Waals surface area contributed by atoms with Gasteiger partial charge in [0.1, 0.15) is 11.9 Å². The van der Waals surface area contributed by atoms with Gasteiger partial charge in [-0.3, -0.25) is 4.79 Å². The lowest BCUT2D eigenvalue weighted by molar-refractivity contribution is -0.0691. The molecule has 1 aliphatic heterocycles. The van der Waals surface area contributed by atoms with Crippen LogP contribution >= 0.6 is 0 Å². The summed E-state index contributed by atoms with van der Waals surface area (Å²) >= 11 is 0. The fourth-order valence-corrected chi connectivity index (χ4v) is 3.39. The molecular weight excluding hydrogens is 370 g/mol. The molecular formula is C22H23N3O4. The second kappa shape index (κ2) is 8.45. The van der Waals surface area contributed by atoms with Crippen LogP contribution in [0.3, 0.4) is 0 Å². The molecule has 150 valence electrons. The molecule has 0 saturated carbocycles. The number of nitrogens with zero attached hydrogens (tertiary/aromatic N) is 3. The van der Waals surface area contributed by atoms with Crippen LogP contribution in [-0.4, -0.2) is 40.1 Å². The van der Waals surface area contributed by atoms with E-state index in [0.29, 0.717) is 36.1 Å². The molecule has 7 nitrogen and oxygen atoms in total. The molecule has 2 heterocycles. The number of amides is 1. The van der Waals surface area contributed by atoms with Crippen LogP contribution in [0, 0.1) is 6.92 Å². The van der Waals surface area contributed by atoms with Crippen molar-refractivity contribution in [3.8, 4) is 5.75 Å². The van der Waals surface area contributed by atoms with Gasteiger partial charge in [0.05, 0.1) is 12.6 Å². The monoisotopic (exact) mass is 393 g/mol. The molecule has 2 aromatic carbocycles. The molecule has 1 fully saturated rings. The quantitative estimate of drug-likeness (QED) is 0.660. The Kier molecular flexibility index (Phi) is 5.57. The Bertz CT molecular complexity index is 956. The summed E-state index contributed by atoms with van der Waals surface area (Å²) in [4.78, 5) is 19.0. The van der Waals surface area contributed by atoms with Gasteiger partial charge in [-0.05, 0) is 36.8 Å². The zero-order valence-electron chi connectivity index (χ0n) is 16.4.